The zero-order valence-electron chi connectivity index (χ0n) is 23.6. The Labute approximate surface area is 248 Å². The van der Waals surface area contributed by atoms with Gasteiger partial charge in [-0.1, -0.05) is 35.3 Å². The topological polar surface area (TPSA) is 95.8 Å². The van der Waals surface area contributed by atoms with Crippen molar-refractivity contribution in [3.8, 4) is 11.8 Å². The van der Waals surface area contributed by atoms with Crippen molar-refractivity contribution in [1.82, 2.24) is 14.5 Å². The van der Waals surface area contributed by atoms with E-state index in [1.165, 1.54) is 4.90 Å². The number of methoxy groups -OCH3 is 1. The molecule has 4 rings (SSSR count). The lowest BCUT2D eigenvalue weighted by molar-refractivity contribution is -0.155. The third-order valence-electron chi connectivity index (χ3n) is 6.17. The average molecular weight is 600 g/mol. The highest BCUT2D eigenvalue weighted by Gasteiger charge is 2.22. The van der Waals surface area contributed by atoms with Gasteiger partial charge in [-0.3, -0.25) is 19.1 Å². The van der Waals surface area contributed by atoms with Gasteiger partial charge < -0.3 is 19.1 Å². The van der Waals surface area contributed by atoms with Gasteiger partial charge >= 0.3 is 5.97 Å². The van der Waals surface area contributed by atoms with Gasteiger partial charge in [-0.15, -0.1) is 0 Å². The molecule has 216 valence electrons. The van der Waals surface area contributed by atoms with Crippen LogP contribution in [0.5, 0.6) is 11.8 Å². The second-order valence-corrected chi connectivity index (χ2v) is 11.1. The molecule has 0 saturated heterocycles. The van der Waals surface area contributed by atoms with Gasteiger partial charge in [0.15, 0.2) is 0 Å². The van der Waals surface area contributed by atoms with Gasteiger partial charge in [0.1, 0.15) is 23.5 Å². The van der Waals surface area contributed by atoms with Crippen LogP contribution in [0.15, 0.2) is 54.7 Å². The van der Waals surface area contributed by atoms with Gasteiger partial charge in [-0.2, -0.15) is 4.98 Å². The number of para-hydroxylation sites is 1. The molecule has 2 aromatic carbocycles. The van der Waals surface area contributed by atoms with E-state index in [2.05, 4.69) is 9.97 Å². The summed E-state index contributed by atoms with van der Waals surface area (Å²) in [5.74, 6) is -0.217. The van der Waals surface area contributed by atoms with Crippen LogP contribution in [0.4, 0.5) is 5.69 Å². The van der Waals surface area contributed by atoms with Crippen molar-refractivity contribution in [3.63, 3.8) is 0 Å². The molecule has 0 unspecified atom stereocenters. The molecule has 9 nitrogen and oxygen atoms in total. The van der Waals surface area contributed by atoms with E-state index in [1.54, 1.807) is 59.3 Å². The van der Waals surface area contributed by atoms with Gasteiger partial charge in [0.25, 0.3) is 6.01 Å². The highest BCUT2D eigenvalue weighted by molar-refractivity contribution is 6.38. The normalized spacial score (nSPS) is 11.4. The van der Waals surface area contributed by atoms with Gasteiger partial charge in [0, 0.05) is 30.3 Å². The predicted molar refractivity (Wildman–Crippen MR) is 159 cm³/mol. The predicted octanol–water partition coefficient (Wildman–Crippen LogP) is 6.46. The van der Waals surface area contributed by atoms with Gasteiger partial charge in [0.2, 0.25) is 5.91 Å². The first-order chi connectivity index (χ1) is 19.5. The summed E-state index contributed by atoms with van der Waals surface area (Å²) < 4.78 is 18.9. The largest absolute Gasteiger partial charge is 0.486 e. The number of fused-ring (bicyclic) bond motifs is 1. The molecule has 1 amide bonds. The number of nitrogens with zero attached hydrogens (tertiary/aromatic N) is 4. The van der Waals surface area contributed by atoms with Crippen molar-refractivity contribution in [3.05, 3.63) is 76.0 Å². The number of pyridine rings is 1. The Morgan fingerprint density at radius 1 is 1.02 bits per heavy atom. The van der Waals surface area contributed by atoms with Crippen LogP contribution in [0.2, 0.25) is 10.0 Å². The van der Waals surface area contributed by atoms with E-state index >= 15 is 0 Å². The van der Waals surface area contributed by atoms with Crippen LogP contribution >= 0.6 is 23.2 Å². The van der Waals surface area contributed by atoms with Crippen LogP contribution in [0.25, 0.3) is 11.0 Å². The van der Waals surface area contributed by atoms with Crippen LogP contribution in [0.1, 0.15) is 44.9 Å². The summed E-state index contributed by atoms with van der Waals surface area (Å²) in [6, 6.07) is 15.1. The van der Waals surface area contributed by atoms with Gasteiger partial charge in [-0.05, 0) is 57.2 Å². The molecule has 0 aliphatic heterocycles. The number of benzene rings is 2. The number of esters is 1. The van der Waals surface area contributed by atoms with Crippen molar-refractivity contribution in [2.75, 3.05) is 19.1 Å². The van der Waals surface area contributed by atoms with Crippen LogP contribution in [-0.4, -0.2) is 46.2 Å². The minimum Gasteiger partial charge on any atom is -0.486 e. The highest BCUT2D eigenvalue weighted by atomic mass is 35.5. The van der Waals surface area contributed by atoms with Crippen molar-refractivity contribution in [2.24, 2.45) is 0 Å². The molecule has 2 heterocycles. The van der Waals surface area contributed by atoms with E-state index < -0.39 is 11.6 Å². The number of imidazole rings is 1. The Balaban J connectivity index is 1.53. The van der Waals surface area contributed by atoms with Crippen molar-refractivity contribution >= 4 is 51.8 Å². The van der Waals surface area contributed by atoms with E-state index in [1.807, 2.05) is 34.9 Å². The molecule has 11 heteroatoms. The minimum absolute atomic E-state index is 0.0266. The zero-order valence-corrected chi connectivity index (χ0v) is 25.1. The summed E-state index contributed by atoms with van der Waals surface area (Å²) in [4.78, 5) is 35.4. The molecular weight excluding hydrogens is 567 g/mol. The maximum Gasteiger partial charge on any atom is 0.306 e. The highest BCUT2D eigenvalue weighted by Crippen LogP contribution is 2.36. The molecule has 0 aliphatic carbocycles. The number of hydrogen-bond acceptors (Lipinski definition) is 7. The Hall–Kier alpha value is -3.82. The summed E-state index contributed by atoms with van der Waals surface area (Å²) in [6.07, 6.45) is 1.67. The molecule has 41 heavy (non-hydrogen) atoms. The Morgan fingerprint density at radius 2 is 1.80 bits per heavy atom. The Bertz CT molecular complexity index is 1550. The average Bonchev–Trinajstić information content (AvgIpc) is 3.29. The first-order valence-corrected chi connectivity index (χ1v) is 13.8. The maximum atomic E-state index is 12.8. The third-order valence-corrected chi connectivity index (χ3v) is 6.95. The second-order valence-electron chi connectivity index (χ2n) is 10.3. The quantitative estimate of drug-likeness (QED) is 0.193. The number of rotatable bonds is 10. The summed E-state index contributed by atoms with van der Waals surface area (Å²) in [5, 5.41) is 0.662. The molecule has 0 radical (unpaired) electrons. The number of carbonyl (C=O) groups excluding carboxylic acids is 2. The Morgan fingerprint density at radius 3 is 2.49 bits per heavy atom. The summed E-state index contributed by atoms with van der Waals surface area (Å²) in [6.45, 7) is 5.83. The number of amides is 1. The fraction of sp³-hybridized carbons (Fsp3) is 0.333. The Kier molecular flexibility index (Phi) is 9.40. The first kappa shape index (κ1) is 30.1. The van der Waals surface area contributed by atoms with Crippen LogP contribution < -0.4 is 14.4 Å². The lowest BCUT2D eigenvalue weighted by Gasteiger charge is -2.22. The molecule has 0 fully saturated rings. The molecule has 4 aromatic rings. The van der Waals surface area contributed by atoms with Crippen LogP contribution in [0.3, 0.4) is 0 Å². The van der Waals surface area contributed by atoms with Gasteiger partial charge in [-0.25, -0.2) is 0 Å². The van der Waals surface area contributed by atoms with E-state index in [0.29, 0.717) is 40.1 Å². The molecule has 0 N–H and O–H groups in total. The number of aromatic nitrogens is 3. The number of halogens is 2. The smallest absolute Gasteiger partial charge is 0.306 e. The first-order valence-electron chi connectivity index (χ1n) is 13.0. The van der Waals surface area contributed by atoms with Crippen LogP contribution in [-0.2, 0) is 27.5 Å². The second kappa shape index (κ2) is 12.8. The fourth-order valence-corrected chi connectivity index (χ4v) is 4.82. The van der Waals surface area contributed by atoms with Crippen molar-refractivity contribution in [1.29, 1.82) is 0 Å². The fourth-order valence-electron chi connectivity index (χ4n) is 4.21. The monoisotopic (exact) mass is 598 g/mol. The number of anilines is 1. The summed E-state index contributed by atoms with van der Waals surface area (Å²) in [5.41, 5.74) is 2.62. The van der Waals surface area contributed by atoms with Crippen molar-refractivity contribution in [2.45, 2.75) is 52.4 Å². The minimum atomic E-state index is -0.618. The standard InChI is InChI=1S/C30H32Cl2N4O5/c1-30(2,3)41-26(38)15-14-25(37)35(4)22-13-12-21(31)20(27(22)32)18-40-24-11-8-10-23-28(24)34-29(39-5)36(23)17-19-9-6-7-16-33-19/h6-13,16H,14-15,17-18H2,1-5H3. The molecule has 0 saturated carbocycles. The molecule has 2 aromatic heterocycles. The lowest BCUT2D eigenvalue weighted by Crippen LogP contribution is -2.29. The lowest BCUT2D eigenvalue weighted by atomic mass is 10.1. The summed E-state index contributed by atoms with van der Waals surface area (Å²) in [7, 11) is 3.16. The van der Waals surface area contributed by atoms with Crippen LogP contribution in [0, 0.1) is 0 Å². The number of carbonyl (C=O) groups is 2. The zero-order chi connectivity index (χ0) is 29.7. The maximum absolute atomic E-state index is 12.8. The molecule has 0 aliphatic rings. The third kappa shape index (κ3) is 7.28. The molecular formula is C30H32Cl2N4O5. The van der Waals surface area contributed by atoms with E-state index in [4.69, 9.17) is 37.4 Å². The van der Waals surface area contributed by atoms with Gasteiger partial charge in [0.05, 0.1) is 42.0 Å². The molecule has 0 atom stereocenters. The molecule has 0 bridgehead atoms. The summed E-state index contributed by atoms with van der Waals surface area (Å²) >= 11 is 13.2. The van der Waals surface area contributed by atoms with E-state index in [9.17, 15) is 9.59 Å². The van der Waals surface area contributed by atoms with Crippen molar-refractivity contribution < 1.29 is 23.8 Å². The van der Waals surface area contributed by atoms with E-state index in [0.717, 1.165) is 11.2 Å². The SMILES string of the molecule is COc1nc2c(OCc3c(Cl)ccc(N(C)C(=O)CCC(=O)OC(C)(C)C)c3Cl)cccc2n1Cc1ccccn1. The molecule has 0 spiro atoms. The van der Waals surface area contributed by atoms with E-state index in [-0.39, 0.29) is 30.4 Å². The number of hydrogen-bond donors (Lipinski definition) is 0. The number of ether oxygens (including phenoxy) is 3.